The zero-order chi connectivity index (χ0) is 18.1. The number of nitrogens with zero attached hydrogens (tertiary/aromatic N) is 1. The zero-order valence-corrected chi connectivity index (χ0v) is 15.0. The summed E-state index contributed by atoms with van der Waals surface area (Å²) < 4.78 is 28.8. The van der Waals surface area contributed by atoms with Crippen molar-refractivity contribution in [3.63, 3.8) is 0 Å². The molecule has 1 amide bonds. The minimum absolute atomic E-state index is 0.0305. The van der Waals surface area contributed by atoms with Crippen LogP contribution in [0.15, 0.2) is 48.7 Å². The molecule has 6 nitrogen and oxygen atoms in total. The smallest absolute Gasteiger partial charge is 0.235 e. The third kappa shape index (κ3) is 6.93. The third-order valence-electron chi connectivity index (χ3n) is 3.39. The molecule has 2 rings (SSSR count). The molecule has 0 atom stereocenters. The maximum Gasteiger partial charge on any atom is 0.235 e. The van der Waals surface area contributed by atoms with Crippen LogP contribution >= 0.6 is 0 Å². The SMILES string of the molecule is CCCS(=O)(=O)CC(=O)NCc1ccc(OCc2ccccn2)cc1. The van der Waals surface area contributed by atoms with E-state index in [0.717, 1.165) is 11.3 Å². The fraction of sp³-hybridized carbons (Fsp3) is 0.333. The van der Waals surface area contributed by atoms with Gasteiger partial charge in [-0.1, -0.05) is 25.1 Å². The molecule has 0 bridgehead atoms. The highest BCUT2D eigenvalue weighted by atomic mass is 32.2. The second-order valence-electron chi connectivity index (χ2n) is 5.62. The molecule has 1 aromatic heterocycles. The summed E-state index contributed by atoms with van der Waals surface area (Å²) in [4.78, 5) is 15.9. The van der Waals surface area contributed by atoms with E-state index in [9.17, 15) is 13.2 Å². The zero-order valence-electron chi connectivity index (χ0n) is 14.1. The Bertz CT molecular complexity index is 774. The highest BCUT2D eigenvalue weighted by molar-refractivity contribution is 7.92. The number of sulfone groups is 1. The van der Waals surface area contributed by atoms with Crippen molar-refractivity contribution in [3.05, 3.63) is 59.9 Å². The Morgan fingerprint density at radius 3 is 2.56 bits per heavy atom. The molecule has 0 fully saturated rings. The maximum atomic E-state index is 11.7. The van der Waals surface area contributed by atoms with Gasteiger partial charge in [0.15, 0.2) is 9.84 Å². The molecule has 0 aliphatic rings. The molecule has 0 aliphatic carbocycles. The first-order chi connectivity index (χ1) is 12.0. The number of hydrogen-bond acceptors (Lipinski definition) is 5. The molecule has 7 heteroatoms. The molecule has 25 heavy (non-hydrogen) atoms. The predicted octanol–water partition coefficient (Wildman–Crippen LogP) is 2.10. The van der Waals surface area contributed by atoms with E-state index < -0.39 is 21.5 Å². The number of benzene rings is 1. The lowest BCUT2D eigenvalue weighted by atomic mass is 10.2. The molecular formula is C18H22N2O4S. The molecule has 0 unspecified atom stereocenters. The monoisotopic (exact) mass is 362 g/mol. The topological polar surface area (TPSA) is 85.4 Å². The largest absolute Gasteiger partial charge is 0.487 e. The molecule has 0 saturated carbocycles. The van der Waals surface area contributed by atoms with Gasteiger partial charge in [-0.05, 0) is 36.2 Å². The Labute approximate surface area is 148 Å². The number of nitrogens with one attached hydrogen (secondary N) is 1. The lowest BCUT2D eigenvalue weighted by Gasteiger charge is -2.08. The number of ether oxygens (including phenoxy) is 1. The second-order valence-corrected chi connectivity index (χ2v) is 7.81. The fourth-order valence-corrected chi connectivity index (χ4v) is 3.45. The van der Waals surface area contributed by atoms with E-state index >= 15 is 0 Å². The molecule has 0 spiro atoms. The molecule has 1 heterocycles. The number of pyridine rings is 1. The first kappa shape index (κ1) is 18.9. The van der Waals surface area contributed by atoms with Crippen molar-refractivity contribution in [1.82, 2.24) is 10.3 Å². The molecular weight excluding hydrogens is 340 g/mol. The van der Waals surface area contributed by atoms with Crippen molar-refractivity contribution in [3.8, 4) is 5.75 Å². The summed E-state index contributed by atoms with van der Waals surface area (Å²) in [6, 6.07) is 12.9. The third-order valence-corrected chi connectivity index (χ3v) is 5.12. The quantitative estimate of drug-likeness (QED) is 0.738. The summed E-state index contributed by atoms with van der Waals surface area (Å²) >= 11 is 0. The van der Waals surface area contributed by atoms with E-state index in [-0.39, 0.29) is 12.3 Å². The lowest BCUT2D eigenvalue weighted by molar-refractivity contribution is -0.118. The van der Waals surface area contributed by atoms with Gasteiger partial charge in [0.1, 0.15) is 18.1 Å². The number of hydrogen-bond donors (Lipinski definition) is 1. The Morgan fingerprint density at radius 1 is 1.16 bits per heavy atom. The number of carbonyl (C=O) groups excluding carboxylic acids is 1. The summed E-state index contributed by atoms with van der Waals surface area (Å²) in [5.74, 6) is -0.218. The van der Waals surface area contributed by atoms with Gasteiger partial charge in [-0.15, -0.1) is 0 Å². The summed E-state index contributed by atoms with van der Waals surface area (Å²) in [7, 11) is -3.31. The molecule has 0 radical (unpaired) electrons. The highest BCUT2D eigenvalue weighted by Crippen LogP contribution is 2.13. The molecule has 1 N–H and O–H groups in total. The van der Waals surface area contributed by atoms with Gasteiger partial charge in [0.05, 0.1) is 11.4 Å². The standard InChI is InChI=1S/C18H22N2O4S/c1-2-11-25(22,23)14-18(21)20-12-15-6-8-17(9-7-15)24-13-16-5-3-4-10-19-16/h3-10H,2,11-14H2,1H3,(H,20,21). The average Bonchev–Trinajstić information content (AvgIpc) is 2.59. The van der Waals surface area contributed by atoms with Crippen LogP contribution < -0.4 is 10.1 Å². The number of carbonyl (C=O) groups is 1. The minimum Gasteiger partial charge on any atom is -0.487 e. The predicted molar refractivity (Wildman–Crippen MR) is 95.8 cm³/mol. The number of rotatable bonds is 9. The normalized spacial score (nSPS) is 11.1. The van der Waals surface area contributed by atoms with Crippen LogP contribution in [-0.2, 0) is 27.8 Å². The summed E-state index contributed by atoms with van der Waals surface area (Å²) in [5, 5.41) is 2.62. The van der Waals surface area contributed by atoms with E-state index in [1.165, 1.54) is 0 Å². The molecule has 1 aromatic carbocycles. The van der Waals surface area contributed by atoms with Crippen LogP contribution in [0.3, 0.4) is 0 Å². The fourth-order valence-electron chi connectivity index (χ4n) is 2.18. The molecule has 2 aromatic rings. The van der Waals surface area contributed by atoms with E-state index in [2.05, 4.69) is 10.3 Å². The highest BCUT2D eigenvalue weighted by Gasteiger charge is 2.15. The van der Waals surface area contributed by atoms with Crippen molar-refractivity contribution in [2.24, 2.45) is 0 Å². The molecule has 0 saturated heterocycles. The van der Waals surface area contributed by atoms with Gasteiger partial charge in [-0.25, -0.2) is 8.42 Å². The van der Waals surface area contributed by atoms with Crippen molar-refractivity contribution in [1.29, 1.82) is 0 Å². The summed E-state index contributed by atoms with van der Waals surface area (Å²) in [6.07, 6.45) is 2.22. The average molecular weight is 362 g/mol. The maximum absolute atomic E-state index is 11.7. The lowest BCUT2D eigenvalue weighted by Crippen LogP contribution is -2.30. The van der Waals surface area contributed by atoms with Crippen molar-refractivity contribution < 1.29 is 17.9 Å². The Hall–Kier alpha value is -2.41. The van der Waals surface area contributed by atoms with Gasteiger partial charge < -0.3 is 10.1 Å². The van der Waals surface area contributed by atoms with Crippen molar-refractivity contribution in [2.75, 3.05) is 11.5 Å². The van der Waals surface area contributed by atoms with Crippen molar-refractivity contribution in [2.45, 2.75) is 26.5 Å². The van der Waals surface area contributed by atoms with E-state index in [0.29, 0.717) is 18.8 Å². The Morgan fingerprint density at radius 2 is 1.92 bits per heavy atom. The molecule has 0 aliphatic heterocycles. The number of aromatic nitrogens is 1. The van der Waals surface area contributed by atoms with E-state index in [1.54, 1.807) is 25.3 Å². The minimum atomic E-state index is -3.31. The number of amides is 1. The van der Waals surface area contributed by atoms with Gasteiger partial charge >= 0.3 is 0 Å². The van der Waals surface area contributed by atoms with Crippen LogP contribution in [0.5, 0.6) is 5.75 Å². The Kier molecular flexibility index (Phi) is 6.94. The van der Waals surface area contributed by atoms with Crippen LogP contribution in [0.1, 0.15) is 24.6 Å². The van der Waals surface area contributed by atoms with Gasteiger partial charge in [-0.3, -0.25) is 9.78 Å². The van der Waals surface area contributed by atoms with Crippen LogP contribution in [0, 0.1) is 0 Å². The summed E-state index contributed by atoms with van der Waals surface area (Å²) in [6.45, 7) is 2.43. The van der Waals surface area contributed by atoms with Crippen molar-refractivity contribution >= 4 is 15.7 Å². The van der Waals surface area contributed by atoms with Gasteiger partial charge in [0, 0.05) is 12.7 Å². The first-order valence-electron chi connectivity index (χ1n) is 8.07. The van der Waals surface area contributed by atoms with Crippen LogP contribution in [-0.4, -0.2) is 30.8 Å². The van der Waals surface area contributed by atoms with Gasteiger partial charge in [0.25, 0.3) is 0 Å². The van der Waals surface area contributed by atoms with Crippen LogP contribution in [0.2, 0.25) is 0 Å². The van der Waals surface area contributed by atoms with Gasteiger partial charge in [-0.2, -0.15) is 0 Å². The van der Waals surface area contributed by atoms with Crippen LogP contribution in [0.4, 0.5) is 0 Å². The Balaban J connectivity index is 1.79. The molecule has 134 valence electrons. The summed E-state index contributed by atoms with van der Waals surface area (Å²) in [5.41, 5.74) is 1.71. The van der Waals surface area contributed by atoms with Crippen LogP contribution in [0.25, 0.3) is 0 Å². The van der Waals surface area contributed by atoms with Gasteiger partial charge in [0.2, 0.25) is 5.91 Å². The van der Waals surface area contributed by atoms with E-state index in [1.807, 2.05) is 30.3 Å². The second kappa shape index (κ2) is 9.17. The first-order valence-corrected chi connectivity index (χ1v) is 9.89. The van der Waals surface area contributed by atoms with E-state index in [4.69, 9.17) is 4.74 Å².